The number of thiophene rings is 1. The number of ether oxygens (including phenoxy) is 1. The molecule has 12 heteroatoms. The summed E-state index contributed by atoms with van der Waals surface area (Å²) in [4.78, 5) is 24.5. The van der Waals surface area contributed by atoms with Gasteiger partial charge in [-0.3, -0.25) is 4.79 Å². The van der Waals surface area contributed by atoms with E-state index < -0.39 is 30.3 Å². The molecule has 198 valence electrons. The number of hydrogen-bond donors (Lipinski definition) is 3. The molecule has 0 bridgehead atoms. The van der Waals surface area contributed by atoms with Crippen molar-refractivity contribution in [3.8, 4) is 0 Å². The van der Waals surface area contributed by atoms with Crippen LogP contribution in [0.3, 0.4) is 0 Å². The molecule has 4 heterocycles. The summed E-state index contributed by atoms with van der Waals surface area (Å²) in [5.41, 5.74) is 14.8. The summed E-state index contributed by atoms with van der Waals surface area (Å²) in [6.45, 7) is 1.11. The zero-order chi connectivity index (χ0) is 26.5. The number of nitrogens with two attached hydrogens (primary N) is 2. The van der Waals surface area contributed by atoms with Gasteiger partial charge in [0.15, 0.2) is 11.6 Å². The fraction of sp³-hybridized carbons (Fsp3) is 0.480. The van der Waals surface area contributed by atoms with Gasteiger partial charge in [0.05, 0.1) is 11.6 Å². The third kappa shape index (κ3) is 4.85. The van der Waals surface area contributed by atoms with Gasteiger partial charge in [-0.05, 0) is 49.9 Å². The van der Waals surface area contributed by atoms with E-state index in [1.54, 1.807) is 0 Å². The first-order chi connectivity index (χ1) is 17.6. The Hall–Kier alpha value is -2.96. The highest BCUT2D eigenvalue weighted by molar-refractivity contribution is 7.21. The third-order valence-corrected chi connectivity index (χ3v) is 8.25. The molecular formula is C25H29F3N6O2S. The number of methoxy groups -OCH3 is 1. The first kappa shape index (κ1) is 25.7. The molecule has 0 spiro atoms. The predicted molar refractivity (Wildman–Crippen MR) is 137 cm³/mol. The zero-order valence-electron chi connectivity index (χ0n) is 20.6. The highest BCUT2D eigenvalue weighted by Gasteiger charge is 2.48. The molecule has 5 N–H and O–H groups in total. The maximum atomic E-state index is 15.1. The molecule has 3 atom stereocenters. The number of halogens is 3. The molecule has 1 amide bonds. The summed E-state index contributed by atoms with van der Waals surface area (Å²) in [6.07, 6.45) is 1.52. The summed E-state index contributed by atoms with van der Waals surface area (Å²) in [7, 11) is 1.21. The van der Waals surface area contributed by atoms with Crippen molar-refractivity contribution in [3.05, 3.63) is 45.8 Å². The van der Waals surface area contributed by atoms with E-state index in [1.807, 2.05) is 19.1 Å². The molecule has 0 radical (unpaired) electrons. The molecule has 37 heavy (non-hydrogen) atoms. The van der Waals surface area contributed by atoms with Crippen LogP contribution in [0, 0.1) is 18.7 Å². The van der Waals surface area contributed by atoms with Gasteiger partial charge >= 0.3 is 0 Å². The maximum Gasteiger partial charge on any atom is 0.276 e. The second kappa shape index (κ2) is 9.73. The number of pyridine rings is 2. The number of anilines is 2. The topological polar surface area (TPSA) is 119 Å². The molecule has 3 aromatic heterocycles. The number of nitrogen functional groups attached to an aromatic ring is 1. The van der Waals surface area contributed by atoms with Gasteiger partial charge in [-0.15, -0.1) is 11.3 Å². The Morgan fingerprint density at radius 3 is 2.86 bits per heavy atom. The molecule has 2 aliphatic rings. The van der Waals surface area contributed by atoms with Crippen molar-refractivity contribution in [2.75, 3.05) is 37.4 Å². The van der Waals surface area contributed by atoms with E-state index in [0.29, 0.717) is 45.9 Å². The Kier molecular flexibility index (Phi) is 6.75. The van der Waals surface area contributed by atoms with E-state index >= 15 is 4.39 Å². The fourth-order valence-corrected chi connectivity index (χ4v) is 6.27. The van der Waals surface area contributed by atoms with E-state index in [-0.39, 0.29) is 30.9 Å². The summed E-state index contributed by atoms with van der Waals surface area (Å²) in [5.74, 6) is -5.13. The van der Waals surface area contributed by atoms with E-state index in [0.717, 1.165) is 11.1 Å². The quantitative estimate of drug-likeness (QED) is 0.445. The van der Waals surface area contributed by atoms with Crippen molar-refractivity contribution in [1.82, 2.24) is 15.3 Å². The highest BCUT2D eigenvalue weighted by atomic mass is 32.1. The number of aryl methyl sites for hydroxylation is 2. The number of fused-ring (bicyclic) bond motifs is 2. The molecular weight excluding hydrogens is 505 g/mol. The molecule has 0 saturated carbocycles. The normalized spacial score (nSPS) is 21.9. The van der Waals surface area contributed by atoms with Crippen molar-refractivity contribution < 1.29 is 22.7 Å². The van der Waals surface area contributed by atoms with Crippen LogP contribution < -0.4 is 21.7 Å². The lowest BCUT2D eigenvalue weighted by molar-refractivity contribution is -0.105. The fourth-order valence-electron chi connectivity index (χ4n) is 5.23. The standard InChI is InChI=1S/C25H29F3N6O2S/c1-12-3-5-15-20(30)21(37-24(15)31-12)23(35)32-14-4-6-19-13(7-14)8-17(26)22(33-19)34-9-16(18(29)10-34)25(27,28)11-36-2/h3,5,8,14,16,18H,4,6-7,9-11,29-30H2,1-2H3,(H,32,35). The van der Waals surface area contributed by atoms with E-state index in [1.165, 1.54) is 29.4 Å². The van der Waals surface area contributed by atoms with Gasteiger partial charge in [0.1, 0.15) is 16.3 Å². The Morgan fingerprint density at radius 1 is 1.32 bits per heavy atom. The number of hydrogen-bond acceptors (Lipinski definition) is 8. The largest absolute Gasteiger partial charge is 0.397 e. The molecule has 0 aromatic carbocycles. The maximum absolute atomic E-state index is 15.1. The first-order valence-corrected chi connectivity index (χ1v) is 12.9. The van der Waals surface area contributed by atoms with Gasteiger partial charge in [0.25, 0.3) is 11.8 Å². The number of alkyl halides is 2. The molecule has 3 unspecified atom stereocenters. The second-order valence-corrected chi connectivity index (χ2v) is 10.8. The summed E-state index contributed by atoms with van der Waals surface area (Å²) in [6, 6.07) is 4.05. The average Bonchev–Trinajstić information content (AvgIpc) is 3.38. The Labute approximate surface area is 216 Å². The molecule has 1 aliphatic heterocycles. The van der Waals surface area contributed by atoms with Crippen LogP contribution in [0.5, 0.6) is 0 Å². The summed E-state index contributed by atoms with van der Waals surface area (Å²) >= 11 is 1.25. The lowest BCUT2D eigenvalue weighted by Crippen LogP contribution is -2.43. The summed E-state index contributed by atoms with van der Waals surface area (Å²) < 4.78 is 48.6. The van der Waals surface area contributed by atoms with Crippen molar-refractivity contribution >= 4 is 39.0 Å². The Morgan fingerprint density at radius 2 is 2.11 bits per heavy atom. The van der Waals surface area contributed by atoms with E-state index in [2.05, 4.69) is 20.0 Å². The number of aromatic nitrogens is 2. The Bertz CT molecular complexity index is 1350. The van der Waals surface area contributed by atoms with E-state index in [4.69, 9.17) is 11.5 Å². The van der Waals surface area contributed by atoms with Crippen LogP contribution in [0.2, 0.25) is 0 Å². The molecule has 1 aliphatic carbocycles. The smallest absolute Gasteiger partial charge is 0.276 e. The van der Waals surface area contributed by atoms with Crippen molar-refractivity contribution in [1.29, 1.82) is 0 Å². The minimum atomic E-state index is -3.12. The molecule has 1 fully saturated rings. The molecule has 3 aromatic rings. The highest BCUT2D eigenvalue weighted by Crippen LogP contribution is 2.36. The number of nitrogens with zero attached hydrogens (tertiary/aromatic N) is 3. The lowest BCUT2D eigenvalue weighted by Gasteiger charge is -2.27. The number of carbonyl (C=O) groups is 1. The number of nitrogens with one attached hydrogen (secondary N) is 1. The lowest BCUT2D eigenvalue weighted by atomic mass is 9.91. The van der Waals surface area contributed by atoms with Crippen molar-refractivity contribution in [2.24, 2.45) is 11.7 Å². The molecule has 1 saturated heterocycles. The predicted octanol–water partition coefficient (Wildman–Crippen LogP) is 3.05. The van der Waals surface area contributed by atoms with Crippen LogP contribution >= 0.6 is 11.3 Å². The third-order valence-electron chi connectivity index (χ3n) is 7.14. The monoisotopic (exact) mass is 534 g/mol. The van der Waals surface area contributed by atoms with Crippen molar-refractivity contribution in [3.63, 3.8) is 0 Å². The van der Waals surface area contributed by atoms with Gasteiger partial charge < -0.3 is 26.4 Å². The number of rotatable bonds is 6. The molecule has 5 rings (SSSR count). The van der Waals surface area contributed by atoms with Gasteiger partial charge in [0, 0.05) is 49.1 Å². The van der Waals surface area contributed by atoms with Crippen LogP contribution in [0.4, 0.5) is 24.7 Å². The minimum Gasteiger partial charge on any atom is -0.397 e. The van der Waals surface area contributed by atoms with Gasteiger partial charge in [0.2, 0.25) is 0 Å². The van der Waals surface area contributed by atoms with Crippen LogP contribution in [0.1, 0.15) is 33.0 Å². The molecule has 8 nitrogen and oxygen atoms in total. The van der Waals surface area contributed by atoms with Gasteiger partial charge in [-0.25, -0.2) is 23.1 Å². The van der Waals surface area contributed by atoms with Crippen LogP contribution in [-0.4, -0.2) is 60.7 Å². The van der Waals surface area contributed by atoms with E-state index in [9.17, 15) is 13.6 Å². The SMILES string of the molecule is COCC(F)(F)C1CN(c2nc3c(cc2F)CC(NC(=O)c2sc4nc(C)ccc4c2N)CC3)CC1N. The van der Waals surface area contributed by atoms with Crippen LogP contribution in [-0.2, 0) is 17.6 Å². The average molecular weight is 535 g/mol. The summed E-state index contributed by atoms with van der Waals surface area (Å²) in [5, 5.41) is 3.76. The number of carbonyl (C=O) groups excluding carboxylic acids is 1. The van der Waals surface area contributed by atoms with Crippen LogP contribution in [0.15, 0.2) is 18.2 Å². The van der Waals surface area contributed by atoms with Gasteiger partial charge in [-0.1, -0.05) is 0 Å². The van der Waals surface area contributed by atoms with Crippen LogP contribution in [0.25, 0.3) is 10.2 Å². The van der Waals surface area contributed by atoms with Crippen molar-refractivity contribution in [2.45, 2.75) is 44.2 Å². The second-order valence-electron chi connectivity index (χ2n) is 9.83. The first-order valence-electron chi connectivity index (χ1n) is 12.1. The minimum absolute atomic E-state index is 0.0354. The number of amides is 1. The van der Waals surface area contributed by atoms with Gasteiger partial charge in [-0.2, -0.15) is 0 Å². The zero-order valence-corrected chi connectivity index (χ0v) is 21.4. The Balaban J connectivity index is 1.29.